The zero-order valence-electron chi connectivity index (χ0n) is 16.1. The summed E-state index contributed by atoms with van der Waals surface area (Å²) in [6.07, 6.45) is 0.682. The number of benzene rings is 2. The number of para-hydroxylation sites is 1. The molecule has 2 aromatic carbocycles. The molecule has 0 unspecified atom stereocenters. The van der Waals surface area contributed by atoms with Gasteiger partial charge in [-0.3, -0.25) is 9.69 Å². The van der Waals surface area contributed by atoms with E-state index in [9.17, 15) is 13.2 Å². The molecule has 0 saturated carbocycles. The maximum atomic E-state index is 13.0. The van der Waals surface area contributed by atoms with Crippen LogP contribution in [0.4, 0.5) is 5.69 Å². The normalized spacial score (nSPS) is 23.8. The molecule has 8 heteroatoms. The highest BCUT2D eigenvalue weighted by atomic mass is 35.5. The topological polar surface area (TPSA) is 66.9 Å². The van der Waals surface area contributed by atoms with E-state index in [1.54, 1.807) is 36.3 Å². The summed E-state index contributed by atoms with van der Waals surface area (Å²) >= 11 is 5.97. The number of hydrogen-bond donors (Lipinski definition) is 0. The third kappa shape index (κ3) is 4.13. The number of carbonyl (C=O) groups excluding carboxylic acids is 1. The van der Waals surface area contributed by atoms with Crippen LogP contribution in [0.1, 0.15) is 5.56 Å². The number of methoxy groups -OCH3 is 1. The van der Waals surface area contributed by atoms with Crippen LogP contribution in [-0.4, -0.2) is 63.0 Å². The summed E-state index contributed by atoms with van der Waals surface area (Å²) in [4.78, 5) is 16.7. The van der Waals surface area contributed by atoms with Crippen LogP contribution in [0, 0.1) is 0 Å². The van der Waals surface area contributed by atoms with Crippen molar-refractivity contribution in [3.8, 4) is 5.75 Å². The standard InChI is InChI=1S/C21H23ClN2O4S/c1-28-20-5-3-2-4-15(20)10-11-23-12-21(25)24(17-8-6-16(22)7-9-17)19-14-29(26,27)13-18(19)23/h2-9,18-19H,10-14H2,1H3/t18-,19+/m0/s1. The number of hydrogen-bond acceptors (Lipinski definition) is 5. The average Bonchev–Trinajstić information content (AvgIpc) is 3.02. The van der Waals surface area contributed by atoms with Crippen molar-refractivity contribution in [2.75, 3.05) is 36.6 Å². The third-order valence-corrected chi connectivity index (χ3v) is 7.62. The first-order chi connectivity index (χ1) is 13.9. The Kier molecular flexibility index (Phi) is 5.55. The Bertz CT molecular complexity index is 1010. The molecular formula is C21H23ClN2O4S. The number of sulfone groups is 1. The van der Waals surface area contributed by atoms with Crippen molar-refractivity contribution in [1.82, 2.24) is 4.90 Å². The lowest BCUT2D eigenvalue weighted by atomic mass is 10.0. The maximum absolute atomic E-state index is 13.0. The van der Waals surface area contributed by atoms with Crippen LogP contribution in [0.5, 0.6) is 5.75 Å². The molecule has 2 fully saturated rings. The SMILES string of the molecule is COc1ccccc1CCN1CC(=O)N(c2ccc(Cl)cc2)[C@@H]2CS(=O)(=O)C[C@@H]21. The van der Waals surface area contributed by atoms with Crippen molar-refractivity contribution in [2.45, 2.75) is 18.5 Å². The molecule has 0 bridgehead atoms. The van der Waals surface area contributed by atoms with Crippen molar-refractivity contribution in [2.24, 2.45) is 0 Å². The molecule has 1 amide bonds. The predicted octanol–water partition coefficient (Wildman–Crippen LogP) is 2.41. The molecule has 2 heterocycles. The second-order valence-electron chi connectivity index (χ2n) is 7.48. The summed E-state index contributed by atoms with van der Waals surface area (Å²) in [5, 5.41) is 0.576. The van der Waals surface area contributed by atoms with Crippen LogP contribution in [0.25, 0.3) is 0 Å². The lowest BCUT2D eigenvalue weighted by Crippen LogP contribution is -2.62. The van der Waals surface area contributed by atoms with E-state index in [0.717, 1.165) is 11.3 Å². The highest BCUT2D eigenvalue weighted by Crippen LogP contribution is 2.32. The molecule has 2 aromatic rings. The van der Waals surface area contributed by atoms with Gasteiger partial charge in [-0.2, -0.15) is 0 Å². The minimum atomic E-state index is -3.22. The van der Waals surface area contributed by atoms with Gasteiger partial charge < -0.3 is 9.64 Å². The van der Waals surface area contributed by atoms with Gasteiger partial charge in [-0.15, -0.1) is 0 Å². The van der Waals surface area contributed by atoms with Crippen LogP contribution in [-0.2, 0) is 21.1 Å². The number of fused-ring (bicyclic) bond motifs is 1. The average molecular weight is 435 g/mol. The number of ether oxygens (including phenoxy) is 1. The summed E-state index contributed by atoms with van der Waals surface area (Å²) in [6.45, 7) is 0.783. The van der Waals surface area contributed by atoms with Gasteiger partial charge in [0.2, 0.25) is 5.91 Å². The van der Waals surface area contributed by atoms with Gasteiger partial charge in [-0.25, -0.2) is 8.42 Å². The fourth-order valence-corrected chi connectivity index (χ4v) is 6.42. The lowest BCUT2D eigenvalue weighted by Gasteiger charge is -2.43. The van der Waals surface area contributed by atoms with Crippen molar-refractivity contribution in [1.29, 1.82) is 0 Å². The molecule has 0 N–H and O–H groups in total. The number of rotatable bonds is 5. The fourth-order valence-electron chi connectivity index (χ4n) is 4.31. The van der Waals surface area contributed by atoms with E-state index in [-0.39, 0.29) is 36.0 Å². The molecule has 2 aliphatic heterocycles. The van der Waals surface area contributed by atoms with Crippen LogP contribution >= 0.6 is 11.6 Å². The molecule has 0 radical (unpaired) electrons. The zero-order chi connectivity index (χ0) is 20.6. The second-order valence-corrected chi connectivity index (χ2v) is 10.1. The first-order valence-corrected chi connectivity index (χ1v) is 11.7. The molecule has 29 heavy (non-hydrogen) atoms. The predicted molar refractivity (Wildman–Crippen MR) is 113 cm³/mol. The van der Waals surface area contributed by atoms with Crippen molar-refractivity contribution < 1.29 is 17.9 Å². The molecule has 0 aromatic heterocycles. The van der Waals surface area contributed by atoms with Crippen LogP contribution in [0.15, 0.2) is 48.5 Å². The Hall–Kier alpha value is -2.09. The summed E-state index contributed by atoms with van der Waals surface area (Å²) in [5.41, 5.74) is 1.73. The van der Waals surface area contributed by atoms with Gasteiger partial charge in [0.25, 0.3) is 0 Å². The van der Waals surface area contributed by atoms with E-state index in [4.69, 9.17) is 16.3 Å². The molecule has 2 saturated heterocycles. The van der Waals surface area contributed by atoms with Gasteiger partial charge in [0.05, 0.1) is 31.2 Å². The van der Waals surface area contributed by atoms with Crippen molar-refractivity contribution >= 4 is 33.0 Å². The smallest absolute Gasteiger partial charge is 0.241 e. The van der Waals surface area contributed by atoms with E-state index in [1.165, 1.54) is 0 Å². The number of nitrogens with zero attached hydrogens (tertiary/aromatic N) is 2. The largest absolute Gasteiger partial charge is 0.496 e. The molecule has 154 valence electrons. The number of halogens is 1. The lowest BCUT2D eigenvalue weighted by molar-refractivity contribution is -0.123. The van der Waals surface area contributed by atoms with E-state index in [0.29, 0.717) is 23.7 Å². The van der Waals surface area contributed by atoms with E-state index in [2.05, 4.69) is 0 Å². The fraction of sp³-hybridized carbons (Fsp3) is 0.381. The van der Waals surface area contributed by atoms with Gasteiger partial charge in [0.1, 0.15) is 5.75 Å². The highest BCUT2D eigenvalue weighted by molar-refractivity contribution is 7.91. The first kappa shape index (κ1) is 20.2. The van der Waals surface area contributed by atoms with Gasteiger partial charge >= 0.3 is 0 Å². The molecule has 0 spiro atoms. The number of anilines is 1. The van der Waals surface area contributed by atoms with Gasteiger partial charge in [-0.1, -0.05) is 29.8 Å². The Morgan fingerprint density at radius 3 is 2.48 bits per heavy atom. The maximum Gasteiger partial charge on any atom is 0.241 e. The Morgan fingerprint density at radius 1 is 1.07 bits per heavy atom. The quantitative estimate of drug-likeness (QED) is 0.723. The van der Waals surface area contributed by atoms with E-state index in [1.807, 2.05) is 29.2 Å². The number of carbonyl (C=O) groups is 1. The van der Waals surface area contributed by atoms with E-state index >= 15 is 0 Å². The molecule has 4 rings (SSSR count). The van der Waals surface area contributed by atoms with Crippen LogP contribution in [0.3, 0.4) is 0 Å². The zero-order valence-corrected chi connectivity index (χ0v) is 17.7. The number of amides is 1. The van der Waals surface area contributed by atoms with E-state index < -0.39 is 9.84 Å². The minimum Gasteiger partial charge on any atom is -0.496 e. The van der Waals surface area contributed by atoms with Crippen LogP contribution in [0.2, 0.25) is 5.02 Å². The third-order valence-electron chi connectivity index (χ3n) is 5.67. The van der Waals surface area contributed by atoms with Crippen LogP contribution < -0.4 is 9.64 Å². The van der Waals surface area contributed by atoms with Gasteiger partial charge in [0, 0.05) is 23.3 Å². The van der Waals surface area contributed by atoms with Gasteiger partial charge in [-0.05, 0) is 42.3 Å². The summed E-state index contributed by atoms with van der Waals surface area (Å²) in [6, 6.07) is 14.1. The second kappa shape index (κ2) is 7.97. The molecular weight excluding hydrogens is 412 g/mol. The highest BCUT2D eigenvalue weighted by Gasteiger charge is 2.49. The first-order valence-electron chi connectivity index (χ1n) is 9.52. The monoisotopic (exact) mass is 434 g/mol. The minimum absolute atomic E-state index is 0.0167. The Labute approximate surface area is 175 Å². The van der Waals surface area contributed by atoms with Crippen molar-refractivity contribution in [3.05, 3.63) is 59.1 Å². The molecule has 6 nitrogen and oxygen atoms in total. The summed E-state index contributed by atoms with van der Waals surface area (Å²) < 4.78 is 30.3. The van der Waals surface area contributed by atoms with Gasteiger partial charge in [0.15, 0.2) is 9.84 Å². The summed E-state index contributed by atoms with van der Waals surface area (Å²) in [7, 11) is -1.58. The number of piperazine rings is 1. The molecule has 2 atom stereocenters. The molecule has 0 aliphatic carbocycles. The van der Waals surface area contributed by atoms with Crippen molar-refractivity contribution in [3.63, 3.8) is 0 Å². The Morgan fingerprint density at radius 2 is 1.76 bits per heavy atom. The molecule has 2 aliphatic rings. The Balaban J connectivity index is 1.58. The summed E-state index contributed by atoms with van der Waals surface area (Å²) in [5.74, 6) is 0.762.